The minimum atomic E-state index is -0.995. The van der Waals surface area contributed by atoms with Gasteiger partial charge in [-0.2, -0.15) is 17.2 Å². The third kappa shape index (κ3) is 8.79. The van der Waals surface area contributed by atoms with Crippen LogP contribution >= 0.6 is 17.2 Å². The molecule has 6 rings (SSSR count). The fourth-order valence-electron chi connectivity index (χ4n) is 4.53. The van der Waals surface area contributed by atoms with E-state index in [0.29, 0.717) is 11.1 Å². The van der Waals surface area contributed by atoms with Gasteiger partial charge in [-0.1, -0.05) is 30.3 Å². The van der Waals surface area contributed by atoms with E-state index in [1.54, 1.807) is 0 Å². The summed E-state index contributed by atoms with van der Waals surface area (Å²) in [5, 5.41) is 2.42. The van der Waals surface area contributed by atoms with Gasteiger partial charge in [0.2, 0.25) is 12.2 Å². The molecule has 2 amide bonds. The quantitative estimate of drug-likeness (QED) is 0.184. The molecule has 2 aromatic heterocycles. The number of amides is 2. The number of benzene rings is 3. The van der Waals surface area contributed by atoms with Gasteiger partial charge in [0.15, 0.2) is 0 Å². The number of imidazole rings is 2. The van der Waals surface area contributed by atoms with E-state index in [1.807, 2.05) is 18.1 Å². The molecule has 0 fully saturated rings. The molecule has 3 aromatic carbocycles. The summed E-state index contributed by atoms with van der Waals surface area (Å²) >= 11 is 0. The molecule has 12 nitrogen and oxygen atoms in total. The third-order valence-corrected chi connectivity index (χ3v) is 7.47. The van der Waals surface area contributed by atoms with Crippen molar-refractivity contribution in [3.05, 3.63) is 71.3 Å². The number of H-pyrrole nitrogens is 2. The summed E-state index contributed by atoms with van der Waals surface area (Å²) in [6, 6.07) is 20.8. The second-order valence-electron chi connectivity index (χ2n) is 8.69. The Labute approximate surface area is 279 Å². The monoisotopic (exact) mass is 704 g/mol. The number of carbonyl (C=O) groups excluding carboxylic acids is 4. The maximum absolute atomic E-state index is 10.8. The Morgan fingerprint density at radius 3 is 2.02 bits per heavy atom. The Kier molecular flexibility index (Phi) is 14.3. The zero-order chi connectivity index (χ0) is 30.2. The van der Waals surface area contributed by atoms with Crippen LogP contribution in [0.4, 0.5) is 9.59 Å². The van der Waals surface area contributed by atoms with Gasteiger partial charge in [-0.15, -0.1) is 0 Å². The summed E-state index contributed by atoms with van der Waals surface area (Å²) in [6.07, 6.45) is -0.168. The van der Waals surface area contributed by atoms with E-state index in [9.17, 15) is 19.2 Å². The third-order valence-electron chi connectivity index (χ3n) is 6.32. The van der Waals surface area contributed by atoms with Crippen molar-refractivity contribution in [2.45, 2.75) is 12.8 Å². The first-order valence-corrected chi connectivity index (χ1v) is 14.3. The molecule has 2 heterocycles. The van der Waals surface area contributed by atoms with Gasteiger partial charge < -0.3 is 40.5 Å². The Hall–Kier alpha value is -3.49. The Morgan fingerprint density at radius 2 is 1.41 bits per heavy atom. The summed E-state index contributed by atoms with van der Waals surface area (Å²) < 4.78 is 7.56. The van der Waals surface area contributed by atoms with E-state index in [1.165, 1.54) is 16.3 Å². The van der Waals surface area contributed by atoms with Crippen LogP contribution in [-0.4, -0.2) is 58.4 Å². The molecule has 4 N–H and O–H groups in total. The first-order chi connectivity index (χ1) is 20.3. The van der Waals surface area contributed by atoms with Gasteiger partial charge in [0.25, 0.3) is 0 Å². The summed E-state index contributed by atoms with van der Waals surface area (Å²) in [7, 11) is 2.17. The molecule has 0 saturated heterocycles. The second-order valence-corrected chi connectivity index (χ2v) is 10.6. The van der Waals surface area contributed by atoms with E-state index >= 15 is 0 Å². The molecule has 0 aliphatic heterocycles. The van der Waals surface area contributed by atoms with E-state index in [2.05, 4.69) is 71.9 Å². The van der Waals surface area contributed by atoms with Crippen LogP contribution in [0.1, 0.15) is 11.3 Å². The van der Waals surface area contributed by atoms with Crippen LogP contribution in [-0.2, 0) is 69.0 Å². The average molecular weight is 704 g/mol. The fraction of sp³-hybridized carbons (Fsp3) is 0.143. The van der Waals surface area contributed by atoms with Crippen LogP contribution < -0.4 is 11.1 Å². The molecule has 1 aliphatic rings. The van der Waals surface area contributed by atoms with E-state index < -0.39 is 12.2 Å². The minimum Gasteiger partial charge on any atom is -0.632 e. The van der Waals surface area contributed by atoms with Crippen LogP contribution in [0, 0.1) is 0 Å². The predicted molar refractivity (Wildman–Crippen MR) is 165 cm³/mol. The summed E-state index contributed by atoms with van der Waals surface area (Å²) in [4.78, 5) is 55.5. The van der Waals surface area contributed by atoms with Crippen molar-refractivity contribution in [2.24, 2.45) is 0 Å². The predicted octanol–water partition coefficient (Wildman–Crippen LogP) is 5.22. The van der Waals surface area contributed by atoms with Gasteiger partial charge in [-0.25, -0.2) is 22.0 Å². The average Bonchev–Trinajstić information content (AvgIpc) is 3.60. The Morgan fingerprint density at radius 1 is 0.818 bits per heavy atom. The normalized spacial score (nSPS) is 11.2. The van der Waals surface area contributed by atoms with Gasteiger partial charge in [0, 0.05) is 11.3 Å². The van der Waals surface area contributed by atoms with Gasteiger partial charge >= 0.3 is 37.1 Å². The van der Waals surface area contributed by atoms with Crippen molar-refractivity contribution in [3.63, 3.8) is 0 Å². The molecule has 0 bridgehead atoms. The number of carbonyl (C=O) groups is 2. The van der Waals surface area contributed by atoms with Gasteiger partial charge in [0.05, 0.1) is 42.1 Å². The molecular weight excluding hydrogens is 680 g/mol. The Bertz CT molecular complexity index is 1780. The molecule has 5 aromatic rings. The largest absolute Gasteiger partial charge is 2.00 e. The van der Waals surface area contributed by atoms with Crippen LogP contribution in [0.3, 0.4) is 0 Å². The first-order valence-electron chi connectivity index (χ1n) is 12.3. The number of nitrogens with zero attached hydrogens (tertiary/aromatic N) is 2. The topological polar surface area (TPSA) is 192 Å². The van der Waals surface area contributed by atoms with E-state index in [4.69, 9.17) is 11.5 Å². The van der Waals surface area contributed by atoms with Crippen molar-refractivity contribution >= 4 is 74.3 Å². The van der Waals surface area contributed by atoms with Crippen LogP contribution in [0.2, 0.25) is 0 Å². The number of nitrogens with one attached hydrogen (secondary N) is 4. The number of fused-ring (bicyclic) bond motifs is 6. The maximum Gasteiger partial charge on any atom is 2.00 e. The number of hydrogen-bond donors (Lipinski definition) is 2. The molecule has 2 atom stereocenters. The SMILES string of the molecule is COC([NH-])=O.COC([NH-])=O.O=[C-]Pc1nc2c([nH]1)CCc1c-2ccc2cc(-c3ccc4nc(P[C-]=O)[nH]c4c3)ccc12.[V+2].[V+2]. The number of rotatable bonds is 5. The van der Waals surface area contributed by atoms with Crippen molar-refractivity contribution in [1.82, 2.24) is 19.9 Å². The standard InChI is InChI=1S/C24H16N4O2P2.2C2H5NO2.2V/c29-11-31-23-25-19-7-3-14(10-21(19)27-23)13-1-4-16-15(9-13)2-5-18-17(16)6-8-20-22(18)28-24(26-20)32-12-30;2*1-5-2(3)4;;/h1-5,7,9-10,31-32H,6,8H2,(H,25,27)(H,26,28);2*1H3,(H2,3,4);;/q-2;;;2*+2/p-2. The van der Waals surface area contributed by atoms with Gasteiger partial charge in [-0.05, 0) is 58.5 Å². The molecule has 0 saturated carbocycles. The number of ether oxygens (including phenoxy) is 2. The summed E-state index contributed by atoms with van der Waals surface area (Å²) in [6.45, 7) is 0. The smallest absolute Gasteiger partial charge is 0.632 e. The van der Waals surface area contributed by atoms with Crippen molar-refractivity contribution in [1.29, 1.82) is 0 Å². The van der Waals surface area contributed by atoms with E-state index in [-0.39, 0.29) is 54.3 Å². The molecule has 16 heteroatoms. The number of aryl methyl sites for hydroxylation is 2. The summed E-state index contributed by atoms with van der Waals surface area (Å²) in [5.41, 5.74) is 21.8. The number of aromatic amines is 2. The van der Waals surface area contributed by atoms with Gasteiger partial charge in [0.1, 0.15) is 0 Å². The van der Waals surface area contributed by atoms with Gasteiger partial charge in [-0.3, -0.25) is 9.59 Å². The molecule has 222 valence electrons. The first kappa shape index (κ1) is 36.7. The number of methoxy groups -OCH3 is 2. The van der Waals surface area contributed by atoms with Crippen molar-refractivity contribution in [2.75, 3.05) is 14.2 Å². The number of aromatic nitrogens is 4. The van der Waals surface area contributed by atoms with Crippen LogP contribution in [0.5, 0.6) is 0 Å². The molecule has 44 heavy (non-hydrogen) atoms. The summed E-state index contributed by atoms with van der Waals surface area (Å²) in [5.74, 6) is 0. The van der Waals surface area contributed by atoms with E-state index in [0.717, 1.165) is 66.2 Å². The van der Waals surface area contributed by atoms with Crippen LogP contribution in [0.15, 0.2) is 48.5 Å². The molecule has 2 radical (unpaired) electrons. The zero-order valence-electron chi connectivity index (χ0n) is 23.3. The second kappa shape index (κ2) is 17.1. The fourth-order valence-corrected chi connectivity index (χ4v) is 5.48. The molecule has 2 unspecified atom stereocenters. The van der Waals surface area contributed by atoms with Crippen LogP contribution in [0.25, 0.3) is 55.7 Å². The molecule has 0 spiro atoms. The number of hydrogen-bond acceptors (Lipinski definition) is 8. The van der Waals surface area contributed by atoms with Crippen molar-refractivity contribution < 1.29 is 65.8 Å². The molecular formula is C28H24N6O6P2V2. The molecule has 1 aliphatic carbocycles. The van der Waals surface area contributed by atoms with Crippen molar-refractivity contribution in [3.8, 4) is 22.4 Å². The minimum absolute atomic E-state index is 0. The maximum atomic E-state index is 10.8. The Balaban J connectivity index is 0.000000493. The zero-order valence-corrected chi connectivity index (χ0v) is 28.1.